The van der Waals surface area contributed by atoms with Crippen LogP contribution in [0.1, 0.15) is 20.8 Å². The van der Waals surface area contributed by atoms with Gasteiger partial charge in [-0.25, -0.2) is 0 Å². The first-order valence-corrected chi connectivity index (χ1v) is 5.53. The molecule has 0 aliphatic heterocycles. The first-order chi connectivity index (χ1) is 7.05. The monoisotopic (exact) mass is 218 g/mol. The van der Waals surface area contributed by atoms with Crippen molar-refractivity contribution >= 4 is 0 Å². The Kier molecular flexibility index (Phi) is 7.96. The third-order valence-corrected chi connectivity index (χ3v) is 2.28. The minimum Gasteiger partial charge on any atom is -0.382 e. The van der Waals surface area contributed by atoms with Crippen LogP contribution in [0, 0.1) is 0 Å². The van der Waals surface area contributed by atoms with Gasteiger partial charge in [0.05, 0.1) is 12.7 Å². The second-order valence-corrected chi connectivity index (χ2v) is 4.36. The highest BCUT2D eigenvalue weighted by Crippen LogP contribution is 1.99. The summed E-state index contributed by atoms with van der Waals surface area (Å²) in [7, 11) is 3.40. The molecule has 15 heavy (non-hydrogen) atoms. The summed E-state index contributed by atoms with van der Waals surface area (Å²) in [4.78, 5) is 0. The zero-order valence-corrected chi connectivity index (χ0v) is 10.7. The lowest BCUT2D eigenvalue weighted by Crippen LogP contribution is -2.49. The van der Waals surface area contributed by atoms with E-state index in [1.807, 2.05) is 0 Å². The predicted molar refractivity (Wildman–Crippen MR) is 63.3 cm³/mol. The topological polar surface area (TPSA) is 42.5 Å². The molecule has 0 aliphatic rings. The summed E-state index contributed by atoms with van der Waals surface area (Å²) in [5.74, 6) is 0. The van der Waals surface area contributed by atoms with Gasteiger partial charge in [0.15, 0.2) is 0 Å². The largest absolute Gasteiger partial charge is 0.382 e. The smallest absolute Gasteiger partial charge is 0.0928 e. The van der Waals surface area contributed by atoms with E-state index in [1.54, 1.807) is 14.2 Å². The summed E-state index contributed by atoms with van der Waals surface area (Å²) in [6.45, 7) is 9.84. The number of hydrogen-bond donors (Lipinski definition) is 2. The maximum Gasteiger partial charge on any atom is 0.0928 e. The van der Waals surface area contributed by atoms with Crippen molar-refractivity contribution in [2.45, 2.75) is 32.4 Å². The fraction of sp³-hybridized carbons (Fsp3) is 1.00. The Bertz CT molecular complexity index is 152. The second kappa shape index (κ2) is 8.05. The van der Waals surface area contributed by atoms with Crippen LogP contribution in [-0.4, -0.2) is 52.1 Å². The van der Waals surface area contributed by atoms with Crippen molar-refractivity contribution in [2.24, 2.45) is 0 Å². The lowest BCUT2D eigenvalue weighted by atomic mass is 10.1. The van der Waals surface area contributed by atoms with Gasteiger partial charge in [0, 0.05) is 32.8 Å². The normalized spacial score (nSPS) is 14.2. The Morgan fingerprint density at radius 1 is 1.27 bits per heavy atom. The van der Waals surface area contributed by atoms with E-state index in [4.69, 9.17) is 9.47 Å². The molecule has 2 N–H and O–H groups in total. The molecule has 0 aromatic heterocycles. The quantitative estimate of drug-likeness (QED) is 0.595. The molecule has 4 heteroatoms. The summed E-state index contributed by atoms with van der Waals surface area (Å²) in [5, 5.41) is 6.79. The zero-order valence-electron chi connectivity index (χ0n) is 10.7. The number of nitrogens with one attached hydrogen (secondary N) is 2. The van der Waals surface area contributed by atoms with Gasteiger partial charge in [-0.15, -0.1) is 0 Å². The van der Waals surface area contributed by atoms with E-state index in [-0.39, 0.29) is 11.6 Å². The van der Waals surface area contributed by atoms with E-state index in [2.05, 4.69) is 31.4 Å². The van der Waals surface area contributed by atoms with Gasteiger partial charge >= 0.3 is 0 Å². The maximum atomic E-state index is 5.26. The van der Waals surface area contributed by atoms with Gasteiger partial charge in [-0.3, -0.25) is 0 Å². The molecule has 0 aromatic carbocycles. The van der Waals surface area contributed by atoms with Crippen LogP contribution in [0.25, 0.3) is 0 Å². The van der Waals surface area contributed by atoms with E-state index in [0.29, 0.717) is 6.61 Å². The SMILES string of the molecule is CCNC(C)(C)CNCC(COC)OC. The van der Waals surface area contributed by atoms with E-state index in [9.17, 15) is 0 Å². The fourth-order valence-corrected chi connectivity index (χ4v) is 1.48. The second-order valence-electron chi connectivity index (χ2n) is 4.36. The van der Waals surface area contributed by atoms with Crippen LogP contribution in [0.5, 0.6) is 0 Å². The minimum atomic E-state index is 0.125. The van der Waals surface area contributed by atoms with Crippen molar-refractivity contribution < 1.29 is 9.47 Å². The summed E-state index contributed by atoms with van der Waals surface area (Å²) in [6.07, 6.45) is 0.132. The van der Waals surface area contributed by atoms with Crippen molar-refractivity contribution in [2.75, 3.05) is 40.5 Å². The minimum absolute atomic E-state index is 0.125. The molecule has 92 valence electrons. The Hall–Kier alpha value is -0.160. The molecule has 0 bridgehead atoms. The first kappa shape index (κ1) is 14.8. The summed E-state index contributed by atoms with van der Waals surface area (Å²) in [6, 6.07) is 0. The van der Waals surface area contributed by atoms with Gasteiger partial charge < -0.3 is 20.1 Å². The van der Waals surface area contributed by atoms with Crippen LogP contribution in [0.4, 0.5) is 0 Å². The highest BCUT2D eigenvalue weighted by molar-refractivity contribution is 4.79. The number of ether oxygens (including phenoxy) is 2. The standard InChI is InChI=1S/C11H26N2O2/c1-6-13-11(2,3)9-12-7-10(15-5)8-14-4/h10,12-13H,6-9H2,1-5H3. The molecular weight excluding hydrogens is 192 g/mol. The van der Waals surface area contributed by atoms with Crippen LogP contribution in [0.2, 0.25) is 0 Å². The van der Waals surface area contributed by atoms with Crippen LogP contribution in [0.3, 0.4) is 0 Å². The third-order valence-electron chi connectivity index (χ3n) is 2.28. The summed E-state index contributed by atoms with van der Waals surface area (Å²) >= 11 is 0. The van der Waals surface area contributed by atoms with Crippen LogP contribution in [0.15, 0.2) is 0 Å². The number of likely N-dealkylation sites (N-methyl/N-ethyl adjacent to an activating group) is 1. The summed E-state index contributed by atoms with van der Waals surface area (Å²) < 4.78 is 10.3. The van der Waals surface area contributed by atoms with E-state index >= 15 is 0 Å². The molecule has 0 radical (unpaired) electrons. The molecule has 4 nitrogen and oxygen atoms in total. The van der Waals surface area contributed by atoms with Gasteiger partial charge in [0.25, 0.3) is 0 Å². The van der Waals surface area contributed by atoms with E-state index in [1.165, 1.54) is 0 Å². The van der Waals surface area contributed by atoms with Gasteiger partial charge in [0.2, 0.25) is 0 Å². The number of hydrogen-bond acceptors (Lipinski definition) is 4. The molecule has 0 rings (SSSR count). The van der Waals surface area contributed by atoms with Crippen molar-refractivity contribution in [3.63, 3.8) is 0 Å². The number of methoxy groups -OCH3 is 2. The molecule has 0 fully saturated rings. The van der Waals surface area contributed by atoms with E-state index in [0.717, 1.165) is 19.6 Å². The first-order valence-electron chi connectivity index (χ1n) is 5.53. The predicted octanol–water partition coefficient (Wildman–Crippen LogP) is 0.626. The average molecular weight is 218 g/mol. The van der Waals surface area contributed by atoms with Crippen molar-refractivity contribution in [3.05, 3.63) is 0 Å². The van der Waals surface area contributed by atoms with Gasteiger partial charge in [-0.2, -0.15) is 0 Å². The third kappa shape index (κ3) is 7.73. The molecule has 0 aliphatic carbocycles. The van der Waals surface area contributed by atoms with Crippen molar-refractivity contribution in [1.82, 2.24) is 10.6 Å². The zero-order chi connectivity index (χ0) is 11.7. The van der Waals surface area contributed by atoms with Crippen molar-refractivity contribution in [1.29, 1.82) is 0 Å². The molecule has 1 unspecified atom stereocenters. The van der Waals surface area contributed by atoms with Crippen molar-refractivity contribution in [3.8, 4) is 0 Å². The highest BCUT2D eigenvalue weighted by Gasteiger charge is 2.16. The Morgan fingerprint density at radius 2 is 1.93 bits per heavy atom. The number of rotatable bonds is 9. The van der Waals surface area contributed by atoms with E-state index < -0.39 is 0 Å². The Morgan fingerprint density at radius 3 is 2.40 bits per heavy atom. The van der Waals surface area contributed by atoms with Gasteiger partial charge in [-0.05, 0) is 20.4 Å². The molecular formula is C11H26N2O2. The van der Waals surface area contributed by atoms with Crippen LogP contribution in [-0.2, 0) is 9.47 Å². The molecule has 0 saturated heterocycles. The molecule has 0 aromatic rings. The molecule has 0 heterocycles. The maximum absolute atomic E-state index is 5.26. The fourth-order valence-electron chi connectivity index (χ4n) is 1.48. The average Bonchev–Trinajstić information content (AvgIpc) is 2.16. The lowest BCUT2D eigenvalue weighted by molar-refractivity contribution is 0.0282. The molecule has 1 atom stereocenters. The summed E-state index contributed by atoms with van der Waals surface area (Å²) in [5.41, 5.74) is 0.125. The highest BCUT2D eigenvalue weighted by atomic mass is 16.5. The van der Waals surface area contributed by atoms with Gasteiger partial charge in [0.1, 0.15) is 0 Å². The van der Waals surface area contributed by atoms with Crippen LogP contribution < -0.4 is 10.6 Å². The van der Waals surface area contributed by atoms with Crippen LogP contribution >= 0.6 is 0 Å². The lowest BCUT2D eigenvalue weighted by Gasteiger charge is -2.27. The molecule has 0 spiro atoms. The Labute approximate surface area is 93.7 Å². The Balaban J connectivity index is 3.66. The molecule has 0 amide bonds. The van der Waals surface area contributed by atoms with Gasteiger partial charge in [-0.1, -0.05) is 6.92 Å². The molecule has 0 saturated carbocycles.